The highest BCUT2D eigenvalue weighted by Crippen LogP contribution is 2.18. The average molecular weight is 396 g/mol. The summed E-state index contributed by atoms with van der Waals surface area (Å²) in [6.07, 6.45) is 1.40. The Kier molecular flexibility index (Phi) is 5.66. The van der Waals surface area contributed by atoms with E-state index in [1.54, 1.807) is 0 Å². The second kappa shape index (κ2) is 8.87. The van der Waals surface area contributed by atoms with Crippen LogP contribution in [0.3, 0.4) is 0 Å². The minimum Gasteiger partial charge on any atom is -0.356 e. The van der Waals surface area contributed by atoms with Crippen LogP contribution in [0.5, 0.6) is 0 Å². The predicted octanol–water partition coefficient (Wildman–Crippen LogP) is 4.29. The maximum absolute atomic E-state index is 12.4. The molecule has 3 aromatic carbocycles. The van der Waals surface area contributed by atoms with Crippen LogP contribution in [0.1, 0.15) is 0 Å². The van der Waals surface area contributed by atoms with Crippen molar-refractivity contribution in [2.45, 2.75) is 6.54 Å². The van der Waals surface area contributed by atoms with Crippen molar-refractivity contribution < 1.29 is 4.79 Å². The number of nitrogens with zero attached hydrogens (tertiary/aromatic N) is 2. The van der Waals surface area contributed by atoms with Gasteiger partial charge >= 0.3 is 0 Å². The molecule has 1 amide bonds. The highest BCUT2D eigenvalue weighted by molar-refractivity contribution is 5.90. The predicted molar refractivity (Wildman–Crippen MR) is 119 cm³/mol. The SMILES string of the molecule is O=C(Cn1cnc(-c2ccccc2)cc1=O)Nc1ccc(Nc2ccccc2)cc1. The molecule has 0 aliphatic carbocycles. The zero-order valence-corrected chi connectivity index (χ0v) is 16.2. The molecule has 0 spiro atoms. The van der Waals surface area contributed by atoms with E-state index < -0.39 is 0 Å². The minimum absolute atomic E-state index is 0.106. The molecular weight excluding hydrogens is 376 g/mol. The standard InChI is InChI=1S/C24H20N4O2/c29-23(16-28-17-25-22(15-24(28)30)18-7-3-1-4-8-18)27-21-13-11-20(12-14-21)26-19-9-5-2-6-10-19/h1-15,17,26H,16H2,(H,27,29). The third-order valence-electron chi connectivity index (χ3n) is 4.49. The molecule has 0 unspecified atom stereocenters. The molecule has 0 aliphatic heterocycles. The van der Waals surface area contributed by atoms with Crippen LogP contribution in [-0.2, 0) is 11.3 Å². The van der Waals surface area contributed by atoms with Gasteiger partial charge in [-0.3, -0.25) is 14.2 Å². The molecule has 1 aromatic heterocycles. The van der Waals surface area contributed by atoms with E-state index in [4.69, 9.17) is 0 Å². The van der Waals surface area contributed by atoms with E-state index in [-0.39, 0.29) is 18.0 Å². The fourth-order valence-corrected chi connectivity index (χ4v) is 2.99. The zero-order chi connectivity index (χ0) is 20.8. The van der Waals surface area contributed by atoms with Crippen LogP contribution in [0.25, 0.3) is 11.3 Å². The summed E-state index contributed by atoms with van der Waals surface area (Å²) in [7, 11) is 0. The number of anilines is 3. The molecule has 4 rings (SSSR count). The first kappa shape index (κ1) is 19.1. The molecular formula is C24H20N4O2. The molecule has 2 N–H and O–H groups in total. The number of carbonyl (C=O) groups excluding carboxylic acids is 1. The Labute approximate surface area is 173 Å². The smallest absolute Gasteiger partial charge is 0.254 e. The Morgan fingerprint density at radius 1 is 0.800 bits per heavy atom. The number of rotatable bonds is 6. The number of nitrogens with one attached hydrogen (secondary N) is 2. The molecule has 0 atom stereocenters. The average Bonchev–Trinajstić information content (AvgIpc) is 2.78. The fourth-order valence-electron chi connectivity index (χ4n) is 2.99. The molecule has 1 heterocycles. The molecule has 4 aromatic rings. The van der Waals surface area contributed by atoms with Gasteiger partial charge in [-0.1, -0.05) is 48.5 Å². The molecule has 0 fully saturated rings. The molecule has 148 valence electrons. The van der Waals surface area contributed by atoms with Gasteiger partial charge in [0.05, 0.1) is 12.0 Å². The lowest BCUT2D eigenvalue weighted by Gasteiger charge is -2.10. The van der Waals surface area contributed by atoms with Gasteiger partial charge in [0, 0.05) is 28.7 Å². The third kappa shape index (κ3) is 4.80. The van der Waals surface area contributed by atoms with E-state index in [0.717, 1.165) is 16.9 Å². The summed E-state index contributed by atoms with van der Waals surface area (Å²) in [6.45, 7) is -0.106. The Morgan fingerprint density at radius 3 is 2.07 bits per heavy atom. The van der Waals surface area contributed by atoms with Crippen molar-refractivity contribution >= 4 is 23.0 Å². The van der Waals surface area contributed by atoms with Crippen LogP contribution in [0.15, 0.2) is 102 Å². The highest BCUT2D eigenvalue weighted by atomic mass is 16.2. The second-order valence-electron chi connectivity index (χ2n) is 6.72. The van der Waals surface area contributed by atoms with E-state index in [0.29, 0.717) is 11.4 Å². The van der Waals surface area contributed by atoms with Gasteiger partial charge in [0.2, 0.25) is 5.91 Å². The normalized spacial score (nSPS) is 10.4. The van der Waals surface area contributed by atoms with E-state index in [9.17, 15) is 9.59 Å². The van der Waals surface area contributed by atoms with Gasteiger partial charge in [0.15, 0.2) is 0 Å². The van der Waals surface area contributed by atoms with Gasteiger partial charge < -0.3 is 10.6 Å². The van der Waals surface area contributed by atoms with Crippen LogP contribution in [0.2, 0.25) is 0 Å². The molecule has 0 saturated carbocycles. The van der Waals surface area contributed by atoms with Gasteiger partial charge in [-0.2, -0.15) is 0 Å². The first-order valence-electron chi connectivity index (χ1n) is 9.51. The van der Waals surface area contributed by atoms with Gasteiger partial charge in [-0.05, 0) is 36.4 Å². The van der Waals surface area contributed by atoms with Gasteiger partial charge in [-0.25, -0.2) is 4.98 Å². The molecule has 0 bridgehead atoms. The van der Waals surface area contributed by atoms with E-state index in [1.807, 2.05) is 84.9 Å². The minimum atomic E-state index is -0.296. The summed E-state index contributed by atoms with van der Waals surface area (Å²) < 4.78 is 1.28. The second-order valence-corrected chi connectivity index (χ2v) is 6.72. The largest absolute Gasteiger partial charge is 0.356 e. The highest BCUT2D eigenvalue weighted by Gasteiger charge is 2.08. The molecule has 6 nitrogen and oxygen atoms in total. The number of hydrogen-bond acceptors (Lipinski definition) is 4. The molecule has 30 heavy (non-hydrogen) atoms. The van der Waals surface area contributed by atoms with Crippen molar-refractivity contribution in [3.63, 3.8) is 0 Å². The fraction of sp³-hybridized carbons (Fsp3) is 0.0417. The Morgan fingerprint density at radius 2 is 1.40 bits per heavy atom. The Hall–Kier alpha value is -4.19. The topological polar surface area (TPSA) is 76.0 Å². The number of amides is 1. The van der Waals surface area contributed by atoms with Crippen LogP contribution in [0.4, 0.5) is 17.1 Å². The zero-order valence-electron chi connectivity index (χ0n) is 16.2. The monoisotopic (exact) mass is 396 g/mol. The molecule has 0 saturated heterocycles. The number of benzene rings is 3. The van der Waals surface area contributed by atoms with Crippen molar-refractivity contribution in [2.24, 2.45) is 0 Å². The van der Waals surface area contributed by atoms with Crippen LogP contribution in [0, 0.1) is 0 Å². The number of aromatic nitrogens is 2. The maximum Gasteiger partial charge on any atom is 0.254 e. The van der Waals surface area contributed by atoms with Crippen molar-refractivity contribution in [3.8, 4) is 11.3 Å². The van der Waals surface area contributed by atoms with Crippen molar-refractivity contribution in [2.75, 3.05) is 10.6 Å². The van der Waals surface area contributed by atoms with E-state index >= 15 is 0 Å². The molecule has 6 heteroatoms. The first-order chi connectivity index (χ1) is 14.7. The quantitative estimate of drug-likeness (QED) is 0.510. The van der Waals surface area contributed by atoms with Gasteiger partial charge in [0.1, 0.15) is 6.54 Å². The Balaban J connectivity index is 1.38. The first-order valence-corrected chi connectivity index (χ1v) is 9.51. The molecule has 0 radical (unpaired) electrons. The number of hydrogen-bond donors (Lipinski definition) is 2. The summed E-state index contributed by atoms with van der Waals surface area (Å²) >= 11 is 0. The summed E-state index contributed by atoms with van der Waals surface area (Å²) in [6, 6.07) is 28.1. The van der Waals surface area contributed by atoms with E-state index in [1.165, 1.54) is 17.0 Å². The van der Waals surface area contributed by atoms with Gasteiger partial charge in [0.25, 0.3) is 5.56 Å². The number of para-hydroxylation sites is 1. The van der Waals surface area contributed by atoms with E-state index in [2.05, 4.69) is 15.6 Å². The van der Waals surface area contributed by atoms with Crippen molar-refractivity contribution in [1.82, 2.24) is 9.55 Å². The van der Waals surface area contributed by atoms with Crippen molar-refractivity contribution in [1.29, 1.82) is 0 Å². The Bertz CT molecular complexity index is 1190. The number of carbonyl (C=O) groups is 1. The lowest BCUT2D eigenvalue weighted by molar-refractivity contribution is -0.116. The lowest BCUT2D eigenvalue weighted by atomic mass is 10.1. The van der Waals surface area contributed by atoms with Gasteiger partial charge in [-0.15, -0.1) is 0 Å². The third-order valence-corrected chi connectivity index (χ3v) is 4.49. The summed E-state index contributed by atoms with van der Waals surface area (Å²) in [5.74, 6) is -0.296. The van der Waals surface area contributed by atoms with Crippen LogP contribution in [-0.4, -0.2) is 15.5 Å². The van der Waals surface area contributed by atoms with Crippen molar-refractivity contribution in [3.05, 3.63) is 108 Å². The lowest BCUT2D eigenvalue weighted by Crippen LogP contribution is -2.27. The maximum atomic E-state index is 12.4. The van der Waals surface area contributed by atoms with Crippen LogP contribution >= 0.6 is 0 Å². The summed E-state index contributed by atoms with van der Waals surface area (Å²) in [5.41, 5.74) is 3.72. The molecule has 0 aliphatic rings. The summed E-state index contributed by atoms with van der Waals surface area (Å²) in [5, 5.41) is 6.08. The van der Waals surface area contributed by atoms with Crippen LogP contribution < -0.4 is 16.2 Å². The summed E-state index contributed by atoms with van der Waals surface area (Å²) in [4.78, 5) is 29.0.